The molecule has 1 aromatic rings. The van der Waals surface area contributed by atoms with Crippen molar-refractivity contribution in [1.29, 1.82) is 0 Å². The van der Waals surface area contributed by atoms with Crippen LogP contribution in [0.4, 0.5) is 4.39 Å². The standard InChI is InChI=1S/C10H13FN2S/c1-12-10(14)13-7-6-8-4-2-3-5-9(8)11/h2-5H,6-7H2,1H3,(H2,12,13,14). The Morgan fingerprint density at radius 1 is 1.43 bits per heavy atom. The molecule has 14 heavy (non-hydrogen) atoms. The lowest BCUT2D eigenvalue weighted by molar-refractivity contribution is 0.607. The Hall–Kier alpha value is -1.16. The van der Waals surface area contributed by atoms with Crippen LogP contribution >= 0.6 is 12.2 Å². The van der Waals surface area contributed by atoms with Crippen molar-refractivity contribution < 1.29 is 4.39 Å². The monoisotopic (exact) mass is 212 g/mol. The minimum atomic E-state index is -0.162. The van der Waals surface area contributed by atoms with Gasteiger partial charge < -0.3 is 10.6 Å². The second-order valence-electron chi connectivity index (χ2n) is 2.85. The second-order valence-corrected chi connectivity index (χ2v) is 3.26. The van der Waals surface area contributed by atoms with E-state index in [1.165, 1.54) is 6.07 Å². The number of thiocarbonyl (C=S) groups is 1. The summed E-state index contributed by atoms with van der Waals surface area (Å²) in [6.45, 7) is 0.639. The number of hydrogen-bond donors (Lipinski definition) is 2. The summed E-state index contributed by atoms with van der Waals surface area (Å²) in [5.74, 6) is -0.162. The van der Waals surface area contributed by atoms with E-state index in [0.29, 0.717) is 23.6 Å². The number of benzene rings is 1. The second kappa shape index (κ2) is 5.54. The number of hydrogen-bond acceptors (Lipinski definition) is 1. The molecule has 4 heteroatoms. The average molecular weight is 212 g/mol. The number of halogens is 1. The van der Waals surface area contributed by atoms with Crippen LogP contribution in [0, 0.1) is 5.82 Å². The summed E-state index contributed by atoms with van der Waals surface area (Å²) >= 11 is 4.89. The third-order valence-electron chi connectivity index (χ3n) is 1.86. The van der Waals surface area contributed by atoms with Crippen LogP contribution in [-0.2, 0) is 6.42 Å². The van der Waals surface area contributed by atoms with Crippen molar-refractivity contribution in [3.05, 3.63) is 35.6 Å². The largest absolute Gasteiger partial charge is 0.366 e. The van der Waals surface area contributed by atoms with Gasteiger partial charge in [-0.05, 0) is 30.3 Å². The van der Waals surface area contributed by atoms with Crippen LogP contribution in [0.5, 0.6) is 0 Å². The fourth-order valence-corrected chi connectivity index (χ4v) is 1.20. The molecule has 0 aliphatic rings. The zero-order valence-corrected chi connectivity index (χ0v) is 8.83. The number of nitrogens with one attached hydrogen (secondary N) is 2. The molecule has 0 aromatic heterocycles. The number of rotatable bonds is 3. The first-order valence-electron chi connectivity index (χ1n) is 4.43. The SMILES string of the molecule is CNC(=S)NCCc1ccccc1F. The lowest BCUT2D eigenvalue weighted by atomic mass is 10.1. The predicted octanol–water partition coefficient (Wildman–Crippen LogP) is 1.46. The Kier molecular flexibility index (Phi) is 4.32. The third kappa shape index (κ3) is 3.30. The quantitative estimate of drug-likeness (QED) is 0.742. The summed E-state index contributed by atoms with van der Waals surface area (Å²) < 4.78 is 13.1. The van der Waals surface area contributed by atoms with Crippen molar-refractivity contribution in [1.82, 2.24) is 10.6 Å². The van der Waals surface area contributed by atoms with E-state index in [0.717, 1.165) is 0 Å². The summed E-state index contributed by atoms with van der Waals surface area (Å²) in [7, 11) is 1.75. The molecule has 0 aliphatic carbocycles. The first-order valence-corrected chi connectivity index (χ1v) is 4.84. The highest BCUT2D eigenvalue weighted by atomic mass is 32.1. The van der Waals surface area contributed by atoms with Crippen LogP contribution < -0.4 is 10.6 Å². The van der Waals surface area contributed by atoms with Crippen molar-refractivity contribution in [2.45, 2.75) is 6.42 Å². The van der Waals surface area contributed by atoms with Gasteiger partial charge in [-0.2, -0.15) is 0 Å². The molecular weight excluding hydrogens is 199 g/mol. The first-order chi connectivity index (χ1) is 6.74. The van der Waals surface area contributed by atoms with E-state index in [4.69, 9.17) is 12.2 Å². The van der Waals surface area contributed by atoms with Gasteiger partial charge in [0.05, 0.1) is 0 Å². The van der Waals surface area contributed by atoms with E-state index in [-0.39, 0.29) is 5.82 Å². The zero-order chi connectivity index (χ0) is 10.4. The van der Waals surface area contributed by atoms with Gasteiger partial charge >= 0.3 is 0 Å². The van der Waals surface area contributed by atoms with E-state index < -0.39 is 0 Å². The molecule has 0 bridgehead atoms. The van der Waals surface area contributed by atoms with Crippen LogP contribution in [0.2, 0.25) is 0 Å². The van der Waals surface area contributed by atoms with E-state index in [1.54, 1.807) is 19.2 Å². The molecule has 0 fully saturated rings. The van der Waals surface area contributed by atoms with Crippen molar-refractivity contribution in [2.75, 3.05) is 13.6 Å². The minimum Gasteiger partial charge on any atom is -0.366 e. The molecule has 0 unspecified atom stereocenters. The summed E-state index contributed by atoms with van der Waals surface area (Å²) in [5.41, 5.74) is 0.707. The Balaban J connectivity index is 2.39. The van der Waals surface area contributed by atoms with Gasteiger partial charge in [0.2, 0.25) is 0 Å². The molecule has 0 spiro atoms. The fraction of sp³-hybridized carbons (Fsp3) is 0.300. The molecule has 0 saturated carbocycles. The highest BCUT2D eigenvalue weighted by Gasteiger charge is 1.99. The van der Waals surface area contributed by atoms with Crippen molar-refractivity contribution in [3.8, 4) is 0 Å². The van der Waals surface area contributed by atoms with Crippen LogP contribution in [-0.4, -0.2) is 18.7 Å². The Bertz CT molecular complexity index is 315. The topological polar surface area (TPSA) is 24.1 Å². The van der Waals surface area contributed by atoms with Gasteiger partial charge in [0.25, 0.3) is 0 Å². The van der Waals surface area contributed by atoms with Crippen molar-refractivity contribution in [2.24, 2.45) is 0 Å². The summed E-state index contributed by atoms with van der Waals surface area (Å²) in [5, 5.41) is 6.34. The van der Waals surface area contributed by atoms with Crippen LogP contribution in [0.3, 0.4) is 0 Å². The van der Waals surface area contributed by atoms with Crippen molar-refractivity contribution in [3.63, 3.8) is 0 Å². The Labute approximate surface area is 88.5 Å². The predicted molar refractivity (Wildman–Crippen MR) is 59.8 cm³/mol. The molecule has 1 rings (SSSR count). The first kappa shape index (κ1) is 10.9. The zero-order valence-electron chi connectivity index (χ0n) is 8.01. The van der Waals surface area contributed by atoms with Crippen LogP contribution in [0.15, 0.2) is 24.3 Å². The molecule has 2 N–H and O–H groups in total. The summed E-state index contributed by atoms with van der Waals surface area (Å²) in [6.07, 6.45) is 0.633. The molecule has 0 atom stereocenters. The molecule has 1 aromatic carbocycles. The van der Waals surface area contributed by atoms with Gasteiger partial charge in [0.1, 0.15) is 5.82 Å². The van der Waals surface area contributed by atoms with Gasteiger partial charge in [0, 0.05) is 13.6 Å². The molecule has 0 aliphatic heterocycles. The van der Waals surface area contributed by atoms with E-state index in [1.807, 2.05) is 6.07 Å². The molecular formula is C10H13FN2S. The smallest absolute Gasteiger partial charge is 0.166 e. The maximum Gasteiger partial charge on any atom is 0.166 e. The lowest BCUT2D eigenvalue weighted by Gasteiger charge is -2.07. The highest BCUT2D eigenvalue weighted by molar-refractivity contribution is 7.80. The van der Waals surface area contributed by atoms with E-state index >= 15 is 0 Å². The Morgan fingerprint density at radius 3 is 2.79 bits per heavy atom. The van der Waals surface area contributed by atoms with Gasteiger partial charge in [0.15, 0.2) is 5.11 Å². The minimum absolute atomic E-state index is 0.162. The van der Waals surface area contributed by atoms with Gasteiger partial charge in [-0.15, -0.1) is 0 Å². The van der Waals surface area contributed by atoms with Crippen LogP contribution in [0.1, 0.15) is 5.56 Å². The molecule has 2 nitrogen and oxygen atoms in total. The molecule has 0 heterocycles. The molecule has 76 valence electrons. The highest BCUT2D eigenvalue weighted by Crippen LogP contribution is 2.05. The third-order valence-corrected chi connectivity index (χ3v) is 2.21. The van der Waals surface area contributed by atoms with Gasteiger partial charge in [-0.25, -0.2) is 4.39 Å². The summed E-state index contributed by atoms with van der Waals surface area (Å²) in [4.78, 5) is 0. The normalized spacial score (nSPS) is 9.57. The maximum atomic E-state index is 13.1. The molecule has 0 radical (unpaired) electrons. The van der Waals surface area contributed by atoms with Gasteiger partial charge in [-0.3, -0.25) is 0 Å². The average Bonchev–Trinajstić information content (AvgIpc) is 2.20. The maximum absolute atomic E-state index is 13.1. The summed E-state index contributed by atoms with van der Waals surface area (Å²) in [6, 6.07) is 6.75. The molecule has 0 saturated heterocycles. The lowest BCUT2D eigenvalue weighted by Crippen LogP contribution is -2.33. The van der Waals surface area contributed by atoms with E-state index in [9.17, 15) is 4.39 Å². The Morgan fingerprint density at radius 2 is 2.14 bits per heavy atom. The fourth-order valence-electron chi connectivity index (χ4n) is 1.10. The van der Waals surface area contributed by atoms with E-state index in [2.05, 4.69) is 10.6 Å². The van der Waals surface area contributed by atoms with Gasteiger partial charge in [-0.1, -0.05) is 18.2 Å². The molecule has 0 amide bonds. The van der Waals surface area contributed by atoms with Crippen LogP contribution in [0.25, 0.3) is 0 Å². The van der Waals surface area contributed by atoms with Crippen molar-refractivity contribution >= 4 is 17.3 Å².